The normalized spacial score (nSPS) is 18.0. The van der Waals surface area contributed by atoms with Crippen LogP contribution < -0.4 is 5.32 Å². The number of carbonyl (C=O) groups is 1. The first-order valence-corrected chi connectivity index (χ1v) is 10.1. The highest BCUT2D eigenvalue weighted by Gasteiger charge is 2.30. The van der Waals surface area contributed by atoms with E-state index >= 15 is 0 Å². The first-order chi connectivity index (χ1) is 12.3. The molecule has 0 atom stereocenters. The molecule has 0 saturated heterocycles. The molecule has 4 rings (SSSR count). The lowest BCUT2D eigenvalue weighted by Crippen LogP contribution is -2.19. The number of rotatable bonds is 7. The van der Waals surface area contributed by atoms with Crippen LogP contribution in [0.15, 0.2) is 17.4 Å². The monoisotopic (exact) mass is 360 g/mol. The van der Waals surface area contributed by atoms with Crippen LogP contribution in [0.25, 0.3) is 0 Å². The number of nitrogens with one attached hydrogen (secondary N) is 1. The second-order valence-corrected chi connectivity index (χ2v) is 7.74. The molecule has 0 unspecified atom stereocenters. The Hall–Kier alpha value is -1.83. The lowest BCUT2D eigenvalue weighted by molar-refractivity contribution is -0.113. The fourth-order valence-corrected chi connectivity index (χ4v) is 4.32. The van der Waals surface area contributed by atoms with E-state index in [4.69, 9.17) is 0 Å². The lowest BCUT2D eigenvalue weighted by Gasteiger charge is -2.14. The Labute approximate surface area is 151 Å². The molecule has 2 saturated carbocycles. The molecule has 0 spiro atoms. The average molecular weight is 360 g/mol. The molecule has 1 amide bonds. The highest BCUT2D eigenvalue weighted by atomic mass is 32.2. The molecule has 0 aromatic carbocycles. The van der Waals surface area contributed by atoms with Crippen LogP contribution in [-0.4, -0.2) is 36.2 Å². The zero-order chi connectivity index (χ0) is 17.2. The summed E-state index contributed by atoms with van der Waals surface area (Å²) in [6, 6.07) is 2.29. The van der Waals surface area contributed by atoms with Gasteiger partial charge in [-0.2, -0.15) is 5.10 Å². The number of amides is 1. The van der Waals surface area contributed by atoms with Gasteiger partial charge in [0.25, 0.3) is 0 Å². The smallest absolute Gasteiger partial charge is 0.235 e. The highest BCUT2D eigenvalue weighted by Crippen LogP contribution is 2.40. The largest absolute Gasteiger partial charge is 0.310 e. The predicted octanol–water partition coefficient (Wildman–Crippen LogP) is 3.22. The maximum atomic E-state index is 12.4. The third-order valence-corrected chi connectivity index (χ3v) is 5.91. The highest BCUT2D eigenvalue weighted by molar-refractivity contribution is 7.99. The fourth-order valence-electron chi connectivity index (χ4n) is 3.51. The third-order valence-electron chi connectivity index (χ3n) is 4.94. The van der Waals surface area contributed by atoms with Crippen LogP contribution in [-0.2, 0) is 11.3 Å². The Kier molecular flexibility index (Phi) is 4.78. The van der Waals surface area contributed by atoms with E-state index in [2.05, 4.69) is 32.1 Å². The van der Waals surface area contributed by atoms with Gasteiger partial charge in [0.2, 0.25) is 5.91 Å². The Morgan fingerprint density at radius 1 is 1.28 bits per heavy atom. The van der Waals surface area contributed by atoms with Crippen molar-refractivity contribution < 1.29 is 4.79 Å². The van der Waals surface area contributed by atoms with Crippen LogP contribution in [0.1, 0.15) is 63.2 Å². The fraction of sp³-hybridized carbons (Fsp3) is 0.647. The molecular formula is C17H24N6OS. The van der Waals surface area contributed by atoms with Gasteiger partial charge in [0, 0.05) is 18.5 Å². The molecule has 25 heavy (non-hydrogen) atoms. The molecule has 2 aromatic rings. The minimum absolute atomic E-state index is 0.0247. The molecule has 134 valence electrons. The van der Waals surface area contributed by atoms with Crippen LogP contribution in [0.3, 0.4) is 0 Å². The number of nitrogens with zero attached hydrogens (tertiary/aromatic N) is 5. The number of hydrogen-bond donors (Lipinski definition) is 1. The van der Waals surface area contributed by atoms with Gasteiger partial charge < -0.3 is 9.88 Å². The third kappa shape index (κ3) is 3.58. The van der Waals surface area contributed by atoms with Crippen LogP contribution in [0, 0.1) is 0 Å². The van der Waals surface area contributed by atoms with Crippen LogP contribution in [0.4, 0.5) is 5.82 Å². The molecule has 0 radical (unpaired) electrons. The van der Waals surface area contributed by atoms with Crippen LogP contribution >= 0.6 is 11.8 Å². The summed E-state index contributed by atoms with van der Waals surface area (Å²) in [7, 11) is 0. The Morgan fingerprint density at radius 3 is 2.80 bits per heavy atom. The van der Waals surface area contributed by atoms with Gasteiger partial charge in [-0.05, 0) is 32.6 Å². The topological polar surface area (TPSA) is 77.6 Å². The van der Waals surface area contributed by atoms with Gasteiger partial charge in [0.15, 0.2) is 5.16 Å². The quantitative estimate of drug-likeness (QED) is 0.767. The summed E-state index contributed by atoms with van der Waals surface area (Å²) >= 11 is 1.45. The molecule has 2 aliphatic rings. The van der Waals surface area contributed by atoms with E-state index in [0.717, 1.165) is 36.2 Å². The Balaban J connectivity index is 1.36. The van der Waals surface area contributed by atoms with Crippen molar-refractivity contribution >= 4 is 23.5 Å². The van der Waals surface area contributed by atoms with E-state index in [9.17, 15) is 4.79 Å². The molecule has 1 N–H and O–H groups in total. The second kappa shape index (κ2) is 7.19. The minimum atomic E-state index is -0.0247. The Bertz CT molecular complexity index is 744. The standard InChI is InChI=1S/C17H24N6OS/c1-2-22-16(12-7-8-12)20-21-17(22)25-11-15(24)19-14-9-10-18-23(14)13-5-3-4-6-13/h9-10,12-13H,2-8,11H2,1H3,(H,19,24). The number of hydrogen-bond acceptors (Lipinski definition) is 5. The van der Waals surface area contributed by atoms with Gasteiger partial charge in [-0.1, -0.05) is 24.6 Å². The van der Waals surface area contributed by atoms with Gasteiger partial charge in [-0.15, -0.1) is 10.2 Å². The SMILES string of the molecule is CCn1c(SCC(=O)Nc2ccnn2C2CCCC2)nnc1C1CC1. The first kappa shape index (κ1) is 16.6. The summed E-state index contributed by atoms with van der Waals surface area (Å²) in [6.45, 7) is 2.94. The molecule has 8 heteroatoms. The van der Waals surface area contributed by atoms with E-state index in [0.29, 0.717) is 17.7 Å². The van der Waals surface area contributed by atoms with Crippen LogP contribution in [0.2, 0.25) is 0 Å². The van der Waals surface area contributed by atoms with E-state index in [1.807, 2.05) is 10.7 Å². The number of anilines is 1. The van der Waals surface area contributed by atoms with Gasteiger partial charge >= 0.3 is 0 Å². The van der Waals surface area contributed by atoms with Crippen molar-refractivity contribution in [2.75, 3.05) is 11.1 Å². The van der Waals surface area contributed by atoms with E-state index in [-0.39, 0.29) is 5.91 Å². The number of carbonyl (C=O) groups excluding carboxylic acids is 1. The maximum absolute atomic E-state index is 12.4. The van der Waals surface area contributed by atoms with Crippen molar-refractivity contribution in [3.63, 3.8) is 0 Å². The summed E-state index contributed by atoms with van der Waals surface area (Å²) in [4.78, 5) is 12.4. The molecule has 2 heterocycles. The molecule has 2 aliphatic carbocycles. The molecular weight excluding hydrogens is 336 g/mol. The van der Waals surface area contributed by atoms with Gasteiger partial charge in [-0.25, -0.2) is 4.68 Å². The maximum Gasteiger partial charge on any atom is 0.235 e. The van der Waals surface area contributed by atoms with Crippen molar-refractivity contribution in [2.24, 2.45) is 0 Å². The number of aromatic nitrogens is 5. The second-order valence-electron chi connectivity index (χ2n) is 6.80. The van der Waals surface area contributed by atoms with Gasteiger partial charge in [0.05, 0.1) is 18.0 Å². The summed E-state index contributed by atoms with van der Waals surface area (Å²) < 4.78 is 4.10. The predicted molar refractivity (Wildman–Crippen MR) is 96.8 cm³/mol. The van der Waals surface area contributed by atoms with E-state index in [1.54, 1.807) is 6.20 Å². The Morgan fingerprint density at radius 2 is 2.08 bits per heavy atom. The molecule has 0 bridgehead atoms. The van der Waals surface area contributed by atoms with Crippen molar-refractivity contribution in [3.05, 3.63) is 18.1 Å². The molecule has 0 aliphatic heterocycles. The summed E-state index contributed by atoms with van der Waals surface area (Å²) in [5, 5.41) is 16.8. The molecule has 7 nitrogen and oxygen atoms in total. The lowest BCUT2D eigenvalue weighted by atomic mass is 10.2. The average Bonchev–Trinajstić information content (AvgIpc) is 3.04. The van der Waals surface area contributed by atoms with Gasteiger partial charge in [0.1, 0.15) is 11.6 Å². The summed E-state index contributed by atoms with van der Waals surface area (Å²) in [5.74, 6) is 2.75. The van der Waals surface area contributed by atoms with Crippen molar-refractivity contribution in [3.8, 4) is 0 Å². The van der Waals surface area contributed by atoms with E-state index < -0.39 is 0 Å². The molecule has 2 fully saturated rings. The minimum Gasteiger partial charge on any atom is -0.310 e. The summed E-state index contributed by atoms with van der Waals surface area (Å²) in [5.41, 5.74) is 0. The van der Waals surface area contributed by atoms with Crippen molar-refractivity contribution in [1.82, 2.24) is 24.5 Å². The molecule has 2 aromatic heterocycles. The van der Waals surface area contributed by atoms with Crippen molar-refractivity contribution in [1.29, 1.82) is 0 Å². The van der Waals surface area contributed by atoms with Crippen molar-refractivity contribution in [2.45, 2.75) is 69.1 Å². The zero-order valence-corrected chi connectivity index (χ0v) is 15.3. The number of thioether (sulfide) groups is 1. The summed E-state index contributed by atoms with van der Waals surface area (Å²) in [6.07, 6.45) is 8.93. The van der Waals surface area contributed by atoms with Crippen LogP contribution in [0.5, 0.6) is 0 Å². The first-order valence-electron chi connectivity index (χ1n) is 9.15. The van der Waals surface area contributed by atoms with E-state index in [1.165, 1.54) is 37.4 Å². The zero-order valence-electron chi connectivity index (χ0n) is 14.5. The van der Waals surface area contributed by atoms with Gasteiger partial charge in [-0.3, -0.25) is 4.79 Å².